The first kappa shape index (κ1) is 8.72. The van der Waals surface area contributed by atoms with E-state index in [1.807, 2.05) is 6.92 Å². The quantitative estimate of drug-likeness (QED) is 0.609. The van der Waals surface area contributed by atoms with Crippen LogP contribution in [0.4, 0.5) is 0 Å². The smallest absolute Gasteiger partial charge is 0.135 e. The summed E-state index contributed by atoms with van der Waals surface area (Å²) in [4.78, 5) is 11.0. The SMILES string of the molecule is CC[C@@H]1C[C@@H](C(C)=O)[C@H](C)O1. The Hall–Kier alpha value is -0.370. The van der Waals surface area contributed by atoms with Crippen molar-refractivity contribution in [1.82, 2.24) is 0 Å². The lowest BCUT2D eigenvalue weighted by Crippen LogP contribution is -2.18. The van der Waals surface area contributed by atoms with Crippen LogP contribution in [-0.2, 0) is 9.53 Å². The lowest BCUT2D eigenvalue weighted by Gasteiger charge is -2.08. The van der Waals surface area contributed by atoms with Crippen LogP contribution in [0.1, 0.15) is 33.6 Å². The summed E-state index contributed by atoms with van der Waals surface area (Å²) >= 11 is 0. The number of ketones is 1. The Kier molecular flexibility index (Phi) is 2.66. The third kappa shape index (κ3) is 1.80. The van der Waals surface area contributed by atoms with Crippen molar-refractivity contribution in [2.75, 3.05) is 0 Å². The summed E-state index contributed by atoms with van der Waals surface area (Å²) in [5.74, 6) is 0.424. The molecule has 1 aliphatic heterocycles. The monoisotopic (exact) mass is 156 g/mol. The molecule has 0 N–H and O–H groups in total. The Balaban J connectivity index is 2.51. The molecule has 0 aromatic carbocycles. The van der Waals surface area contributed by atoms with Gasteiger partial charge in [-0.25, -0.2) is 0 Å². The molecule has 1 saturated heterocycles. The molecule has 0 aromatic rings. The topological polar surface area (TPSA) is 26.3 Å². The first-order chi connectivity index (χ1) is 5.15. The molecule has 0 spiro atoms. The number of hydrogen-bond acceptors (Lipinski definition) is 2. The number of Topliss-reactive ketones (excluding diaryl/α,β-unsaturated/α-hetero) is 1. The van der Waals surface area contributed by atoms with Gasteiger partial charge in [0.2, 0.25) is 0 Å². The summed E-state index contributed by atoms with van der Waals surface area (Å²) in [6.45, 7) is 5.74. The molecule has 0 amide bonds. The van der Waals surface area contributed by atoms with Crippen LogP contribution in [-0.4, -0.2) is 18.0 Å². The van der Waals surface area contributed by atoms with Gasteiger partial charge >= 0.3 is 0 Å². The molecule has 3 atom stereocenters. The van der Waals surface area contributed by atoms with Crippen molar-refractivity contribution in [2.24, 2.45) is 5.92 Å². The van der Waals surface area contributed by atoms with E-state index in [0.717, 1.165) is 12.8 Å². The zero-order valence-corrected chi connectivity index (χ0v) is 7.46. The summed E-state index contributed by atoms with van der Waals surface area (Å²) in [6, 6.07) is 0. The second-order valence-corrected chi connectivity index (χ2v) is 3.32. The van der Waals surface area contributed by atoms with Crippen molar-refractivity contribution >= 4 is 5.78 Å². The Labute approximate surface area is 67.9 Å². The fourth-order valence-electron chi connectivity index (χ4n) is 1.69. The predicted molar refractivity (Wildman–Crippen MR) is 43.4 cm³/mol. The Bertz CT molecular complexity index is 154. The van der Waals surface area contributed by atoms with E-state index in [1.54, 1.807) is 6.92 Å². The summed E-state index contributed by atoms with van der Waals surface area (Å²) < 4.78 is 5.56. The fraction of sp³-hybridized carbons (Fsp3) is 0.889. The van der Waals surface area contributed by atoms with Crippen LogP contribution >= 0.6 is 0 Å². The molecule has 64 valence electrons. The largest absolute Gasteiger partial charge is 0.375 e. The first-order valence-corrected chi connectivity index (χ1v) is 4.31. The normalized spacial score (nSPS) is 37.5. The van der Waals surface area contributed by atoms with E-state index in [9.17, 15) is 4.79 Å². The van der Waals surface area contributed by atoms with Gasteiger partial charge in [0.1, 0.15) is 5.78 Å². The van der Waals surface area contributed by atoms with Gasteiger partial charge in [-0.05, 0) is 26.7 Å². The van der Waals surface area contributed by atoms with Gasteiger partial charge in [0, 0.05) is 5.92 Å². The van der Waals surface area contributed by atoms with Crippen molar-refractivity contribution in [2.45, 2.75) is 45.8 Å². The summed E-state index contributed by atoms with van der Waals surface area (Å²) in [6.07, 6.45) is 2.40. The highest BCUT2D eigenvalue weighted by Crippen LogP contribution is 2.28. The van der Waals surface area contributed by atoms with Crippen LogP contribution in [0.25, 0.3) is 0 Å². The third-order valence-electron chi connectivity index (χ3n) is 2.47. The second-order valence-electron chi connectivity index (χ2n) is 3.32. The number of carbonyl (C=O) groups is 1. The molecule has 0 saturated carbocycles. The maximum atomic E-state index is 11.0. The minimum absolute atomic E-state index is 0.137. The van der Waals surface area contributed by atoms with Gasteiger partial charge in [-0.2, -0.15) is 0 Å². The third-order valence-corrected chi connectivity index (χ3v) is 2.47. The molecule has 0 aromatic heterocycles. The average molecular weight is 156 g/mol. The maximum absolute atomic E-state index is 11.0. The van der Waals surface area contributed by atoms with Gasteiger partial charge in [0.25, 0.3) is 0 Å². The first-order valence-electron chi connectivity index (χ1n) is 4.31. The van der Waals surface area contributed by atoms with Crippen molar-refractivity contribution in [3.05, 3.63) is 0 Å². The molecule has 1 heterocycles. The van der Waals surface area contributed by atoms with Gasteiger partial charge in [0.15, 0.2) is 0 Å². The van der Waals surface area contributed by atoms with Gasteiger partial charge in [-0.15, -0.1) is 0 Å². The standard InChI is InChI=1S/C9H16O2/c1-4-8-5-9(6(2)10)7(3)11-8/h7-9H,4-5H2,1-3H3/t7-,8+,9-/m0/s1. The van der Waals surface area contributed by atoms with Gasteiger partial charge in [-0.3, -0.25) is 4.79 Å². The van der Waals surface area contributed by atoms with E-state index in [4.69, 9.17) is 4.74 Å². The average Bonchev–Trinajstić information content (AvgIpc) is 2.30. The van der Waals surface area contributed by atoms with E-state index < -0.39 is 0 Å². The van der Waals surface area contributed by atoms with Crippen LogP contribution in [0.2, 0.25) is 0 Å². The Morgan fingerprint density at radius 3 is 2.55 bits per heavy atom. The molecule has 0 radical (unpaired) electrons. The van der Waals surface area contributed by atoms with Crippen molar-refractivity contribution in [1.29, 1.82) is 0 Å². The summed E-state index contributed by atoms with van der Waals surface area (Å²) in [5, 5.41) is 0. The number of ether oxygens (including phenoxy) is 1. The van der Waals surface area contributed by atoms with Crippen LogP contribution in [0, 0.1) is 5.92 Å². The molecular weight excluding hydrogens is 140 g/mol. The molecule has 2 heteroatoms. The Morgan fingerprint density at radius 2 is 2.27 bits per heavy atom. The van der Waals surface area contributed by atoms with Crippen LogP contribution in [0.15, 0.2) is 0 Å². The highest BCUT2D eigenvalue weighted by Gasteiger charge is 2.33. The molecule has 1 aliphatic rings. The highest BCUT2D eigenvalue weighted by molar-refractivity contribution is 5.79. The van der Waals surface area contributed by atoms with E-state index in [-0.39, 0.29) is 17.8 Å². The molecular formula is C9H16O2. The van der Waals surface area contributed by atoms with Gasteiger partial charge in [-0.1, -0.05) is 6.92 Å². The van der Waals surface area contributed by atoms with E-state index in [0.29, 0.717) is 6.10 Å². The fourth-order valence-corrected chi connectivity index (χ4v) is 1.69. The molecule has 11 heavy (non-hydrogen) atoms. The lowest BCUT2D eigenvalue weighted by molar-refractivity contribution is -0.122. The number of carbonyl (C=O) groups excluding carboxylic acids is 1. The number of hydrogen-bond donors (Lipinski definition) is 0. The second kappa shape index (κ2) is 3.35. The zero-order chi connectivity index (χ0) is 8.43. The zero-order valence-electron chi connectivity index (χ0n) is 7.46. The molecule has 0 aliphatic carbocycles. The molecule has 1 rings (SSSR count). The molecule has 2 nitrogen and oxygen atoms in total. The maximum Gasteiger partial charge on any atom is 0.135 e. The van der Waals surface area contributed by atoms with E-state index in [2.05, 4.69) is 6.92 Å². The minimum atomic E-state index is 0.137. The summed E-state index contributed by atoms with van der Waals surface area (Å²) in [5.41, 5.74) is 0. The van der Waals surface area contributed by atoms with Gasteiger partial charge < -0.3 is 4.74 Å². The molecule has 1 fully saturated rings. The van der Waals surface area contributed by atoms with Crippen LogP contribution in [0.3, 0.4) is 0 Å². The van der Waals surface area contributed by atoms with Crippen molar-refractivity contribution in [3.8, 4) is 0 Å². The van der Waals surface area contributed by atoms with Crippen LogP contribution in [0.5, 0.6) is 0 Å². The number of rotatable bonds is 2. The van der Waals surface area contributed by atoms with Crippen molar-refractivity contribution in [3.63, 3.8) is 0 Å². The Morgan fingerprint density at radius 1 is 1.64 bits per heavy atom. The summed E-state index contributed by atoms with van der Waals surface area (Å²) in [7, 11) is 0. The van der Waals surface area contributed by atoms with E-state index in [1.165, 1.54) is 0 Å². The van der Waals surface area contributed by atoms with Crippen molar-refractivity contribution < 1.29 is 9.53 Å². The minimum Gasteiger partial charge on any atom is -0.375 e. The van der Waals surface area contributed by atoms with Gasteiger partial charge in [0.05, 0.1) is 12.2 Å². The van der Waals surface area contributed by atoms with E-state index >= 15 is 0 Å². The highest BCUT2D eigenvalue weighted by atomic mass is 16.5. The predicted octanol–water partition coefficient (Wildman–Crippen LogP) is 1.78. The molecule has 0 unspecified atom stereocenters. The molecule has 0 bridgehead atoms. The lowest BCUT2D eigenvalue weighted by atomic mass is 9.96. The van der Waals surface area contributed by atoms with Crippen LogP contribution < -0.4 is 0 Å².